The molecule has 0 bridgehead atoms. The zero-order valence-electron chi connectivity index (χ0n) is 10.6. The molecule has 1 aliphatic heterocycles. The van der Waals surface area contributed by atoms with Crippen molar-refractivity contribution in [1.29, 1.82) is 0 Å². The summed E-state index contributed by atoms with van der Waals surface area (Å²) in [6.07, 6.45) is 2.45. The van der Waals surface area contributed by atoms with Crippen molar-refractivity contribution < 1.29 is 19.0 Å². The van der Waals surface area contributed by atoms with E-state index in [1.54, 1.807) is 0 Å². The molecule has 1 aliphatic rings. The molecule has 0 aliphatic carbocycles. The summed E-state index contributed by atoms with van der Waals surface area (Å²) in [5.74, 6) is 0.282. The molecule has 1 atom stereocenters. The van der Waals surface area contributed by atoms with E-state index < -0.39 is 6.29 Å². The normalized spacial score (nSPS) is 19.3. The molecule has 1 aromatic rings. The van der Waals surface area contributed by atoms with Crippen LogP contribution in [0.15, 0.2) is 24.3 Å². The van der Waals surface area contributed by atoms with Crippen molar-refractivity contribution in [2.75, 3.05) is 13.2 Å². The van der Waals surface area contributed by atoms with Crippen LogP contribution in [-0.4, -0.2) is 25.5 Å². The Balaban J connectivity index is 1.72. The number of hydrogen-bond donors (Lipinski definition) is 0. The Morgan fingerprint density at radius 2 is 2.11 bits per heavy atom. The van der Waals surface area contributed by atoms with Gasteiger partial charge >= 0.3 is 5.97 Å². The van der Waals surface area contributed by atoms with Gasteiger partial charge in [0.25, 0.3) is 0 Å². The Bertz CT molecular complexity index is 379. The van der Waals surface area contributed by atoms with Gasteiger partial charge in [0.15, 0.2) is 6.61 Å². The van der Waals surface area contributed by atoms with E-state index in [1.165, 1.54) is 0 Å². The molecule has 4 nitrogen and oxygen atoms in total. The lowest BCUT2D eigenvalue weighted by Crippen LogP contribution is -2.27. The highest BCUT2D eigenvalue weighted by molar-refractivity contribution is 5.71. The fraction of sp³-hybridized carbons (Fsp3) is 0.500. The highest BCUT2D eigenvalue weighted by Crippen LogP contribution is 2.15. The van der Waals surface area contributed by atoms with E-state index in [4.69, 9.17) is 14.2 Å². The molecule has 0 radical (unpaired) electrons. The van der Waals surface area contributed by atoms with E-state index in [-0.39, 0.29) is 12.6 Å². The molecule has 98 valence electrons. The van der Waals surface area contributed by atoms with Gasteiger partial charge in [0.05, 0.1) is 6.61 Å². The van der Waals surface area contributed by atoms with Gasteiger partial charge in [-0.25, -0.2) is 4.79 Å². The molecule has 1 heterocycles. The van der Waals surface area contributed by atoms with Crippen molar-refractivity contribution in [2.24, 2.45) is 0 Å². The van der Waals surface area contributed by atoms with Crippen molar-refractivity contribution >= 4 is 5.97 Å². The molecular formula is C14H18O4. The van der Waals surface area contributed by atoms with Gasteiger partial charge in [-0.2, -0.15) is 0 Å². The van der Waals surface area contributed by atoms with Gasteiger partial charge in [-0.05, 0) is 31.9 Å². The average Bonchev–Trinajstić information content (AvgIpc) is 2.39. The summed E-state index contributed by atoms with van der Waals surface area (Å²) in [4.78, 5) is 11.5. The summed E-state index contributed by atoms with van der Waals surface area (Å²) in [5, 5.41) is 0. The molecule has 0 aromatic heterocycles. The quantitative estimate of drug-likeness (QED) is 0.770. The lowest BCUT2D eigenvalue weighted by molar-refractivity contribution is -0.188. The minimum absolute atomic E-state index is 0.0804. The van der Waals surface area contributed by atoms with Crippen molar-refractivity contribution in [3.8, 4) is 5.75 Å². The maximum Gasteiger partial charge on any atom is 0.346 e. The first-order valence-corrected chi connectivity index (χ1v) is 6.24. The van der Waals surface area contributed by atoms with Gasteiger partial charge in [0, 0.05) is 6.42 Å². The number of carbonyl (C=O) groups excluding carboxylic acids is 1. The number of aryl methyl sites for hydroxylation is 1. The van der Waals surface area contributed by atoms with Crippen molar-refractivity contribution in [2.45, 2.75) is 32.5 Å². The molecule has 0 saturated carbocycles. The Hall–Kier alpha value is -1.55. The summed E-state index contributed by atoms with van der Waals surface area (Å²) >= 11 is 0. The topological polar surface area (TPSA) is 44.8 Å². The standard InChI is InChI=1S/C14H18O4/c1-11-5-7-12(8-6-11)17-10-13(15)18-14-4-2-3-9-16-14/h5-8,14H,2-4,9-10H2,1H3. The third-order valence-electron chi connectivity index (χ3n) is 2.78. The van der Waals surface area contributed by atoms with E-state index in [1.807, 2.05) is 31.2 Å². The maximum absolute atomic E-state index is 11.5. The highest BCUT2D eigenvalue weighted by atomic mass is 16.7. The first kappa shape index (κ1) is 12.9. The monoisotopic (exact) mass is 250 g/mol. The molecule has 1 saturated heterocycles. The molecule has 0 spiro atoms. The van der Waals surface area contributed by atoms with Crippen LogP contribution in [0.3, 0.4) is 0 Å². The predicted molar refractivity (Wildman–Crippen MR) is 66.4 cm³/mol. The molecule has 1 unspecified atom stereocenters. The number of benzene rings is 1. The molecule has 4 heteroatoms. The average molecular weight is 250 g/mol. The van der Waals surface area contributed by atoms with Crippen LogP contribution in [0.5, 0.6) is 5.75 Å². The Kier molecular flexibility index (Phi) is 4.59. The number of ether oxygens (including phenoxy) is 3. The van der Waals surface area contributed by atoms with Crippen LogP contribution >= 0.6 is 0 Å². The van der Waals surface area contributed by atoms with E-state index >= 15 is 0 Å². The number of hydrogen-bond acceptors (Lipinski definition) is 4. The largest absolute Gasteiger partial charge is 0.482 e. The minimum Gasteiger partial charge on any atom is -0.482 e. The summed E-state index contributed by atoms with van der Waals surface area (Å²) in [5.41, 5.74) is 1.15. The highest BCUT2D eigenvalue weighted by Gasteiger charge is 2.18. The second-order valence-electron chi connectivity index (χ2n) is 4.39. The summed E-state index contributed by atoms with van der Waals surface area (Å²) in [6, 6.07) is 7.54. The minimum atomic E-state index is -0.395. The number of carbonyl (C=O) groups is 1. The van der Waals surface area contributed by atoms with Gasteiger partial charge in [-0.15, -0.1) is 0 Å². The number of rotatable bonds is 4. The molecule has 0 amide bonds. The van der Waals surface area contributed by atoms with Gasteiger partial charge in [-0.1, -0.05) is 17.7 Å². The third kappa shape index (κ3) is 4.04. The summed E-state index contributed by atoms with van der Waals surface area (Å²) in [6.45, 7) is 2.58. The van der Waals surface area contributed by atoms with Gasteiger partial charge in [-0.3, -0.25) is 0 Å². The second kappa shape index (κ2) is 6.40. The molecule has 1 aromatic carbocycles. The first-order valence-electron chi connectivity index (χ1n) is 6.24. The van der Waals surface area contributed by atoms with Crippen LogP contribution in [-0.2, 0) is 14.3 Å². The van der Waals surface area contributed by atoms with E-state index in [0.29, 0.717) is 12.4 Å². The molecule has 2 rings (SSSR count). The lowest BCUT2D eigenvalue weighted by atomic mass is 10.2. The Morgan fingerprint density at radius 3 is 2.78 bits per heavy atom. The van der Waals surface area contributed by atoms with Crippen molar-refractivity contribution in [3.05, 3.63) is 29.8 Å². The Morgan fingerprint density at radius 1 is 1.33 bits per heavy atom. The molecule has 18 heavy (non-hydrogen) atoms. The van der Waals surface area contributed by atoms with Crippen LogP contribution in [0, 0.1) is 6.92 Å². The van der Waals surface area contributed by atoms with Crippen LogP contribution < -0.4 is 4.74 Å². The predicted octanol–water partition coefficient (Wildman–Crippen LogP) is 2.44. The fourth-order valence-corrected chi connectivity index (χ4v) is 1.76. The van der Waals surface area contributed by atoms with Crippen LogP contribution in [0.1, 0.15) is 24.8 Å². The summed E-state index contributed by atoms with van der Waals surface area (Å²) in [7, 11) is 0. The SMILES string of the molecule is Cc1ccc(OCC(=O)OC2CCCCO2)cc1. The van der Waals surface area contributed by atoms with E-state index in [2.05, 4.69) is 0 Å². The molecule has 0 N–H and O–H groups in total. The zero-order chi connectivity index (χ0) is 12.8. The van der Waals surface area contributed by atoms with E-state index in [0.717, 1.165) is 24.8 Å². The van der Waals surface area contributed by atoms with Gasteiger partial charge < -0.3 is 14.2 Å². The zero-order valence-corrected chi connectivity index (χ0v) is 10.6. The third-order valence-corrected chi connectivity index (χ3v) is 2.78. The molecular weight excluding hydrogens is 232 g/mol. The van der Waals surface area contributed by atoms with Crippen LogP contribution in [0.4, 0.5) is 0 Å². The summed E-state index contributed by atoms with van der Waals surface area (Å²) < 4.78 is 15.8. The lowest BCUT2D eigenvalue weighted by Gasteiger charge is -2.22. The van der Waals surface area contributed by atoms with Crippen LogP contribution in [0.25, 0.3) is 0 Å². The second-order valence-corrected chi connectivity index (χ2v) is 4.39. The Labute approximate surface area is 107 Å². The maximum atomic E-state index is 11.5. The van der Waals surface area contributed by atoms with Gasteiger partial charge in [0.2, 0.25) is 6.29 Å². The first-order chi connectivity index (χ1) is 8.74. The van der Waals surface area contributed by atoms with Gasteiger partial charge in [0.1, 0.15) is 5.75 Å². The smallest absolute Gasteiger partial charge is 0.346 e. The number of esters is 1. The van der Waals surface area contributed by atoms with E-state index in [9.17, 15) is 4.79 Å². The fourth-order valence-electron chi connectivity index (χ4n) is 1.76. The van der Waals surface area contributed by atoms with Crippen molar-refractivity contribution in [3.63, 3.8) is 0 Å². The van der Waals surface area contributed by atoms with Crippen LogP contribution in [0.2, 0.25) is 0 Å². The molecule has 1 fully saturated rings. The van der Waals surface area contributed by atoms with Crippen molar-refractivity contribution in [1.82, 2.24) is 0 Å².